The van der Waals surface area contributed by atoms with Crippen LogP contribution >= 0.6 is 22.9 Å². The molecule has 1 heterocycles. The van der Waals surface area contributed by atoms with Gasteiger partial charge in [0.2, 0.25) is 15.9 Å². The minimum atomic E-state index is -3.26. The number of hydrogen-bond acceptors (Lipinski definition) is 7. The molecule has 1 saturated carbocycles. The van der Waals surface area contributed by atoms with E-state index in [0.717, 1.165) is 17.2 Å². The summed E-state index contributed by atoms with van der Waals surface area (Å²) in [7, 11) is -3.26. The number of carbonyl (C=O) groups excluding carboxylic acids is 1. The van der Waals surface area contributed by atoms with Crippen molar-refractivity contribution in [1.29, 1.82) is 0 Å². The van der Waals surface area contributed by atoms with Gasteiger partial charge in [0, 0.05) is 31.3 Å². The molecule has 0 aliphatic heterocycles. The standard InChI is InChI=1S/C25H34ClN3O5S2/c1-17(2)36(31,32)28-13-5-4-6-24(30)29-18(3)7-11-21-15-27-25(35-21)34-23-12-10-20(14-22(23)26)33-16-19-8-9-19/h7,10-12,14-15,17-19,28H,4-6,8-9,13,16H2,1-3H3,(H,29,30)/t18-/m0/s1. The molecule has 11 heteroatoms. The molecule has 1 fully saturated rings. The van der Waals surface area contributed by atoms with Gasteiger partial charge in [-0.1, -0.05) is 29.0 Å². The summed E-state index contributed by atoms with van der Waals surface area (Å²) < 4.78 is 37.5. The second kappa shape index (κ2) is 13.4. The summed E-state index contributed by atoms with van der Waals surface area (Å²) >= 11 is 7.71. The van der Waals surface area contributed by atoms with Crippen molar-refractivity contribution in [3.8, 4) is 16.7 Å². The van der Waals surface area contributed by atoms with Crippen LogP contribution in [-0.2, 0) is 14.8 Å². The Morgan fingerprint density at radius 1 is 1.28 bits per heavy atom. The van der Waals surface area contributed by atoms with Crippen molar-refractivity contribution in [2.24, 2.45) is 5.92 Å². The maximum absolute atomic E-state index is 12.1. The average Bonchev–Trinajstić information content (AvgIpc) is 3.54. The van der Waals surface area contributed by atoms with E-state index in [2.05, 4.69) is 15.0 Å². The number of hydrogen-bond donors (Lipinski definition) is 2. The number of ether oxygens (including phenoxy) is 2. The van der Waals surface area contributed by atoms with Gasteiger partial charge in [-0.3, -0.25) is 4.79 Å². The second-order valence-corrected chi connectivity index (χ2v) is 12.9. The number of halogens is 1. The molecule has 3 rings (SSSR count). The minimum absolute atomic E-state index is 0.0774. The highest BCUT2D eigenvalue weighted by Crippen LogP contribution is 2.35. The van der Waals surface area contributed by atoms with Crippen LogP contribution in [0, 0.1) is 5.92 Å². The Morgan fingerprint density at radius 2 is 2.06 bits per heavy atom. The predicted octanol–water partition coefficient (Wildman–Crippen LogP) is 5.39. The number of sulfonamides is 1. The van der Waals surface area contributed by atoms with Crippen LogP contribution in [0.5, 0.6) is 16.7 Å². The first-order valence-electron chi connectivity index (χ1n) is 12.1. The molecule has 0 spiro atoms. The van der Waals surface area contributed by atoms with Crippen molar-refractivity contribution < 1.29 is 22.7 Å². The second-order valence-electron chi connectivity index (χ2n) is 9.14. The largest absolute Gasteiger partial charge is 0.493 e. The first kappa shape index (κ1) is 28.4. The number of benzene rings is 1. The summed E-state index contributed by atoms with van der Waals surface area (Å²) in [5.74, 6) is 1.83. The lowest BCUT2D eigenvalue weighted by atomic mass is 10.2. The average molecular weight is 556 g/mol. The molecule has 1 atom stereocenters. The topological polar surface area (TPSA) is 107 Å². The Bertz CT molecular complexity index is 1150. The monoisotopic (exact) mass is 555 g/mol. The molecule has 36 heavy (non-hydrogen) atoms. The normalized spacial score (nSPS) is 14.8. The summed E-state index contributed by atoms with van der Waals surface area (Å²) in [6.07, 6.45) is 9.47. The molecular weight excluding hydrogens is 522 g/mol. The smallest absolute Gasteiger partial charge is 0.279 e. The van der Waals surface area contributed by atoms with Crippen molar-refractivity contribution in [3.05, 3.63) is 40.4 Å². The number of unbranched alkanes of at least 4 members (excludes halogenated alkanes) is 1. The van der Waals surface area contributed by atoms with Crippen LogP contribution in [0.4, 0.5) is 0 Å². The number of nitrogens with one attached hydrogen (secondary N) is 2. The molecule has 2 N–H and O–H groups in total. The van der Waals surface area contributed by atoms with E-state index < -0.39 is 15.3 Å². The molecule has 1 aromatic heterocycles. The van der Waals surface area contributed by atoms with E-state index in [1.807, 2.05) is 25.1 Å². The van der Waals surface area contributed by atoms with Gasteiger partial charge < -0.3 is 14.8 Å². The Hall–Kier alpha value is -2.14. The van der Waals surface area contributed by atoms with E-state index in [4.69, 9.17) is 21.1 Å². The van der Waals surface area contributed by atoms with Gasteiger partial charge in [-0.15, -0.1) is 0 Å². The lowest BCUT2D eigenvalue weighted by Crippen LogP contribution is -2.32. The Kier molecular flexibility index (Phi) is 10.6. The summed E-state index contributed by atoms with van der Waals surface area (Å²) in [6.45, 7) is 6.20. The molecule has 8 nitrogen and oxygen atoms in total. The number of thiazole rings is 1. The molecule has 2 aromatic rings. The summed E-state index contributed by atoms with van der Waals surface area (Å²) in [5, 5.41) is 3.38. The zero-order chi connectivity index (χ0) is 26.1. The van der Waals surface area contributed by atoms with Crippen LogP contribution < -0.4 is 19.5 Å². The summed E-state index contributed by atoms with van der Waals surface area (Å²) in [5.41, 5.74) is 0. The van der Waals surface area contributed by atoms with Gasteiger partial charge in [-0.2, -0.15) is 0 Å². The van der Waals surface area contributed by atoms with Gasteiger partial charge in [-0.25, -0.2) is 18.1 Å². The Balaban J connectivity index is 1.38. The maximum atomic E-state index is 12.1. The van der Waals surface area contributed by atoms with Gasteiger partial charge in [0.25, 0.3) is 5.19 Å². The third-order valence-corrected chi connectivity index (χ3v) is 8.46. The third-order valence-electron chi connectivity index (χ3n) is 5.48. The van der Waals surface area contributed by atoms with Crippen LogP contribution in [-0.4, -0.2) is 43.8 Å². The molecule has 0 bridgehead atoms. The molecule has 1 aliphatic carbocycles. The fourth-order valence-corrected chi connectivity index (χ4v) is 4.71. The number of aromatic nitrogens is 1. The van der Waals surface area contributed by atoms with Crippen LogP contribution in [0.25, 0.3) is 6.08 Å². The molecule has 1 amide bonds. The molecular formula is C25H34ClN3O5S2. The number of rotatable bonds is 15. The lowest BCUT2D eigenvalue weighted by molar-refractivity contribution is -0.121. The third kappa shape index (κ3) is 9.72. The van der Waals surface area contributed by atoms with E-state index in [9.17, 15) is 13.2 Å². The first-order valence-corrected chi connectivity index (χ1v) is 14.9. The van der Waals surface area contributed by atoms with Crippen LogP contribution in [0.15, 0.2) is 30.5 Å². The van der Waals surface area contributed by atoms with Crippen molar-refractivity contribution >= 4 is 44.9 Å². The molecule has 1 aromatic carbocycles. The molecule has 0 unspecified atom stereocenters. The number of amides is 1. The minimum Gasteiger partial charge on any atom is -0.493 e. The summed E-state index contributed by atoms with van der Waals surface area (Å²) in [4.78, 5) is 17.3. The van der Waals surface area contributed by atoms with E-state index in [1.54, 1.807) is 32.2 Å². The first-order chi connectivity index (χ1) is 17.1. The van der Waals surface area contributed by atoms with Crippen molar-refractivity contribution in [1.82, 2.24) is 15.0 Å². The highest BCUT2D eigenvalue weighted by Gasteiger charge is 2.22. The van der Waals surface area contributed by atoms with Crippen molar-refractivity contribution in [2.75, 3.05) is 13.2 Å². The fraction of sp³-hybridized carbons (Fsp3) is 0.520. The number of nitrogens with zero attached hydrogens (tertiary/aromatic N) is 1. The Morgan fingerprint density at radius 3 is 2.75 bits per heavy atom. The lowest BCUT2D eigenvalue weighted by Gasteiger charge is -2.11. The summed E-state index contributed by atoms with van der Waals surface area (Å²) in [6, 6.07) is 5.20. The molecule has 0 saturated heterocycles. The maximum Gasteiger partial charge on any atom is 0.279 e. The SMILES string of the molecule is CC(C)S(=O)(=O)NCCCCC(=O)N[C@@H](C)C=Cc1cnc(Oc2ccc(OCC3CC3)cc2Cl)s1. The van der Waals surface area contributed by atoms with Gasteiger partial charge in [-0.05, 0) is 70.6 Å². The van der Waals surface area contributed by atoms with Crippen molar-refractivity contribution in [3.63, 3.8) is 0 Å². The number of carbonyl (C=O) groups is 1. The molecule has 0 radical (unpaired) electrons. The molecule has 198 valence electrons. The van der Waals surface area contributed by atoms with Crippen LogP contribution in [0.1, 0.15) is 57.8 Å². The van der Waals surface area contributed by atoms with Gasteiger partial charge in [0.1, 0.15) is 11.5 Å². The fourth-order valence-electron chi connectivity index (χ4n) is 3.05. The van der Waals surface area contributed by atoms with Crippen LogP contribution in [0.2, 0.25) is 5.02 Å². The van der Waals surface area contributed by atoms with Gasteiger partial charge in [0.05, 0.1) is 21.8 Å². The van der Waals surface area contributed by atoms with Crippen LogP contribution in [0.3, 0.4) is 0 Å². The van der Waals surface area contributed by atoms with E-state index >= 15 is 0 Å². The highest BCUT2D eigenvalue weighted by atomic mass is 35.5. The quantitative estimate of drug-likeness (QED) is 0.285. The van der Waals surface area contributed by atoms with Gasteiger partial charge >= 0.3 is 0 Å². The predicted molar refractivity (Wildman–Crippen MR) is 144 cm³/mol. The van der Waals surface area contributed by atoms with E-state index in [-0.39, 0.29) is 11.9 Å². The van der Waals surface area contributed by atoms with Gasteiger partial charge in [0.15, 0.2) is 0 Å². The zero-order valence-electron chi connectivity index (χ0n) is 20.8. The van der Waals surface area contributed by atoms with Crippen molar-refractivity contribution in [2.45, 2.75) is 64.2 Å². The highest BCUT2D eigenvalue weighted by molar-refractivity contribution is 7.90. The Labute approximate surface area is 222 Å². The molecule has 1 aliphatic rings. The van der Waals surface area contributed by atoms with E-state index in [0.29, 0.717) is 47.7 Å². The zero-order valence-corrected chi connectivity index (χ0v) is 23.2. The van der Waals surface area contributed by atoms with E-state index in [1.165, 1.54) is 24.2 Å².